The average Bonchev–Trinajstić information content (AvgIpc) is 2.52. The van der Waals surface area contributed by atoms with Crippen LogP contribution in [0.2, 0.25) is 0 Å². The van der Waals surface area contributed by atoms with E-state index in [0.717, 1.165) is 0 Å². The van der Waals surface area contributed by atoms with Gasteiger partial charge in [0.2, 0.25) is 0 Å². The highest BCUT2D eigenvalue weighted by atomic mass is 15.0. The van der Waals surface area contributed by atoms with Gasteiger partial charge in [-0.3, -0.25) is 0 Å². The molecule has 0 amide bonds. The first-order valence-corrected chi connectivity index (χ1v) is 4.13. The zero-order valence-electron chi connectivity index (χ0n) is 7.03. The second-order valence-electron chi connectivity index (χ2n) is 2.72. The maximum atomic E-state index is 3.81. The number of nitrogens with zero attached hydrogens (tertiary/aromatic N) is 1. The fourth-order valence-corrected chi connectivity index (χ4v) is 1.25. The van der Waals surface area contributed by atoms with Gasteiger partial charge in [-0.25, -0.2) is 0 Å². The zero-order chi connectivity index (χ0) is 8.10. The van der Waals surface area contributed by atoms with Crippen molar-refractivity contribution in [1.29, 1.82) is 0 Å². The van der Waals surface area contributed by atoms with Crippen molar-refractivity contribution < 1.29 is 0 Å². The van der Waals surface area contributed by atoms with E-state index in [2.05, 4.69) is 30.5 Å². The highest BCUT2D eigenvalue weighted by Gasteiger charge is 2.01. The first-order chi connectivity index (χ1) is 5.38. The van der Waals surface area contributed by atoms with Gasteiger partial charge in [0.05, 0.1) is 6.04 Å². The Hall–Kier alpha value is -0.980. The molecule has 1 rings (SSSR count). The third kappa shape index (κ3) is 1.97. The number of hydrogen-bond donors (Lipinski definition) is 0. The van der Waals surface area contributed by atoms with E-state index in [0.29, 0.717) is 6.04 Å². The van der Waals surface area contributed by atoms with Crippen LogP contribution in [0, 0.1) is 0 Å². The molecule has 1 aromatic rings. The van der Waals surface area contributed by atoms with E-state index in [1.807, 2.05) is 18.2 Å². The number of allylic oxidation sites excluding steroid dienone is 1. The molecule has 0 bridgehead atoms. The minimum absolute atomic E-state index is 0.481. The lowest BCUT2D eigenvalue weighted by atomic mass is 10.2. The van der Waals surface area contributed by atoms with Crippen LogP contribution in [0.5, 0.6) is 0 Å². The van der Waals surface area contributed by atoms with Crippen LogP contribution < -0.4 is 0 Å². The summed E-state index contributed by atoms with van der Waals surface area (Å²) in [5.74, 6) is 0. The summed E-state index contributed by atoms with van der Waals surface area (Å²) in [6.45, 7) is 6.01. The molecule has 0 spiro atoms. The summed E-state index contributed by atoms with van der Waals surface area (Å²) in [5, 5.41) is 0. The molecule has 0 aliphatic rings. The second-order valence-corrected chi connectivity index (χ2v) is 2.72. The van der Waals surface area contributed by atoms with Crippen LogP contribution in [0.25, 0.3) is 0 Å². The summed E-state index contributed by atoms with van der Waals surface area (Å²) in [7, 11) is 0. The standard InChI is InChI=1S/C10H15N/c1-3-7-10(4-2)11-8-5-6-9-11/h4-6,8-10H,2-3,7H2,1H3/t10-/m1/s1. The van der Waals surface area contributed by atoms with E-state index in [4.69, 9.17) is 0 Å². The first kappa shape index (κ1) is 8.12. The van der Waals surface area contributed by atoms with Crippen molar-refractivity contribution in [2.75, 3.05) is 0 Å². The first-order valence-electron chi connectivity index (χ1n) is 4.13. The minimum atomic E-state index is 0.481. The zero-order valence-corrected chi connectivity index (χ0v) is 7.03. The molecular formula is C10H15N. The molecule has 0 radical (unpaired) electrons. The molecule has 60 valence electrons. The Balaban J connectivity index is 2.63. The summed E-state index contributed by atoms with van der Waals surface area (Å²) in [5.41, 5.74) is 0. The number of aromatic nitrogens is 1. The van der Waals surface area contributed by atoms with Gasteiger partial charge in [0.15, 0.2) is 0 Å². The predicted octanol–water partition coefficient (Wildman–Crippen LogP) is 3.02. The lowest BCUT2D eigenvalue weighted by molar-refractivity contribution is 0.553. The quantitative estimate of drug-likeness (QED) is 0.580. The molecule has 0 unspecified atom stereocenters. The Bertz CT molecular complexity index is 199. The molecule has 0 saturated heterocycles. The fraction of sp³-hybridized carbons (Fsp3) is 0.400. The molecule has 1 heterocycles. The third-order valence-corrected chi connectivity index (χ3v) is 1.87. The molecule has 1 heteroatoms. The Morgan fingerprint density at radius 3 is 2.55 bits per heavy atom. The summed E-state index contributed by atoms with van der Waals surface area (Å²) in [6.07, 6.45) is 8.56. The Labute approximate surface area is 68.4 Å². The van der Waals surface area contributed by atoms with Crippen LogP contribution in [0.15, 0.2) is 37.2 Å². The van der Waals surface area contributed by atoms with Crippen LogP contribution in [0.3, 0.4) is 0 Å². The molecule has 0 aliphatic heterocycles. The largest absolute Gasteiger partial charge is 0.348 e. The van der Waals surface area contributed by atoms with Crippen molar-refractivity contribution >= 4 is 0 Å². The molecule has 11 heavy (non-hydrogen) atoms. The van der Waals surface area contributed by atoms with Gasteiger partial charge < -0.3 is 4.57 Å². The highest BCUT2D eigenvalue weighted by Crippen LogP contribution is 2.14. The minimum Gasteiger partial charge on any atom is -0.348 e. The summed E-state index contributed by atoms with van der Waals surface area (Å²) in [4.78, 5) is 0. The topological polar surface area (TPSA) is 4.93 Å². The number of hydrogen-bond acceptors (Lipinski definition) is 0. The highest BCUT2D eigenvalue weighted by molar-refractivity contribution is 4.97. The molecule has 0 aromatic carbocycles. The second kappa shape index (κ2) is 4.02. The van der Waals surface area contributed by atoms with Gasteiger partial charge in [-0.05, 0) is 18.6 Å². The van der Waals surface area contributed by atoms with Crippen molar-refractivity contribution in [3.05, 3.63) is 37.2 Å². The SMILES string of the molecule is C=C[C@H](CCC)n1cccc1. The monoisotopic (exact) mass is 149 g/mol. The van der Waals surface area contributed by atoms with Crippen molar-refractivity contribution in [3.63, 3.8) is 0 Å². The van der Waals surface area contributed by atoms with Crippen LogP contribution in [0.1, 0.15) is 25.8 Å². The van der Waals surface area contributed by atoms with Crippen LogP contribution in [-0.4, -0.2) is 4.57 Å². The van der Waals surface area contributed by atoms with Gasteiger partial charge in [0.25, 0.3) is 0 Å². The fourth-order valence-electron chi connectivity index (χ4n) is 1.25. The maximum Gasteiger partial charge on any atom is 0.0507 e. The molecule has 0 saturated carbocycles. The number of rotatable bonds is 4. The Morgan fingerprint density at radius 2 is 2.09 bits per heavy atom. The van der Waals surface area contributed by atoms with E-state index in [9.17, 15) is 0 Å². The maximum absolute atomic E-state index is 3.81. The summed E-state index contributed by atoms with van der Waals surface area (Å²) >= 11 is 0. The Morgan fingerprint density at radius 1 is 1.45 bits per heavy atom. The van der Waals surface area contributed by atoms with Gasteiger partial charge in [-0.2, -0.15) is 0 Å². The molecule has 1 nitrogen and oxygen atoms in total. The van der Waals surface area contributed by atoms with Gasteiger partial charge in [0, 0.05) is 12.4 Å². The summed E-state index contributed by atoms with van der Waals surface area (Å²) in [6, 6.07) is 4.58. The van der Waals surface area contributed by atoms with Crippen LogP contribution in [-0.2, 0) is 0 Å². The molecule has 1 aromatic heterocycles. The van der Waals surface area contributed by atoms with Gasteiger partial charge in [-0.1, -0.05) is 19.4 Å². The summed E-state index contributed by atoms with van der Waals surface area (Å²) < 4.78 is 2.19. The van der Waals surface area contributed by atoms with E-state index in [1.54, 1.807) is 0 Å². The third-order valence-electron chi connectivity index (χ3n) is 1.87. The lowest BCUT2D eigenvalue weighted by Gasteiger charge is -2.12. The lowest BCUT2D eigenvalue weighted by Crippen LogP contribution is -2.02. The van der Waals surface area contributed by atoms with Crippen molar-refractivity contribution in [1.82, 2.24) is 4.57 Å². The van der Waals surface area contributed by atoms with Crippen LogP contribution in [0.4, 0.5) is 0 Å². The molecule has 1 atom stereocenters. The van der Waals surface area contributed by atoms with E-state index in [1.165, 1.54) is 12.8 Å². The van der Waals surface area contributed by atoms with E-state index in [-0.39, 0.29) is 0 Å². The van der Waals surface area contributed by atoms with Gasteiger partial charge >= 0.3 is 0 Å². The molecular weight excluding hydrogens is 134 g/mol. The molecule has 0 aliphatic carbocycles. The predicted molar refractivity (Wildman–Crippen MR) is 48.6 cm³/mol. The van der Waals surface area contributed by atoms with Crippen molar-refractivity contribution in [3.8, 4) is 0 Å². The average molecular weight is 149 g/mol. The smallest absolute Gasteiger partial charge is 0.0507 e. The van der Waals surface area contributed by atoms with Gasteiger partial charge in [0.1, 0.15) is 0 Å². The van der Waals surface area contributed by atoms with Crippen LogP contribution >= 0.6 is 0 Å². The van der Waals surface area contributed by atoms with Crippen molar-refractivity contribution in [2.24, 2.45) is 0 Å². The Kier molecular flexibility index (Phi) is 2.96. The normalized spacial score (nSPS) is 12.8. The van der Waals surface area contributed by atoms with Gasteiger partial charge in [-0.15, -0.1) is 6.58 Å². The van der Waals surface area contributed by atoms with Crippen molar-refractivity contribution in [2.45, 2.75) is 25.8 Å². The molecule has 0 N–H and O–H groups in total. The van der Waals surface area contributed by atoms with E-state index < -0.39 is 0 Å². The molecule has 0 fully saturated rings. The van der Waals surface area contributed by atoms with E-state index >= 15 is 0 Å².